The van der Waals surface area contributed by atoms with E-state index in [1.807, 2.05) is 6.07 Å². The molecule has 0 fully saturated rings. The molecule has 0 saturated carbocycles. The second-order valence-electron chi connectivity index (χ2n) is 6.72. The van der Waals surface area contributed by atoms with Crippen LogP contribution in [0, 0.1) is 0 Å². The topological polar surface area (TPSA) is 0 Å². The molecule has 17 heavy (non-hydrogen) atoms. The third-order valence-corrected chi connectivity index (χ3v) is 2.93. The summed E-state index contributed by atoms with van der Waals surface area (Å²) < 4.78 is 0. The van der Waals surface area contributed by atoms with Crippen molar-refractivity contribution in [2.75, 3.05) is 0 Å². The van der Waals surface area contributed by atoms with Gasteiger partial charge in [-0.3, -0.25) is 0 Å². The van der Waals surface area contributed by atoms with E-state index in [1.54, 1.807) is 0 Å². The Morgan fingerprint density at radius 1 is 0.706 bits per heavy atom. The second kappa shape index (κ2) is 4.26. The van der Waals surface area contributed by atoms with Gasteiger partial charge in [-0.05, 0) is 10.8 Å². The zero-order valence-corrected chi connectivity index (χ0v) is 11.8. The summed E-state index contributed by atoms with van der Waals surface area (Å²) in [5.41, 5.74) is 3.93. The first kappa shape index (κ1) is 14.5. The number of rotatable bonds is 0. The van der Waals surface area contributed by atoms with Crippen LogP contribution < -0.4 is 16.4 Å². The van der Waals surface area contributed by atoms with Crippen molar-refractivity contribution in [3.63, 3.8) is 0 Å². The van der Waals surface area contributed by atoms with Crippen molar-refractivity contribution in [1.29, 1.82) is 0 Å². The molecule has 1 aromatic rings. The van der Waals surface area contributed by atoms with Gasteiger partial charge in [-0.15, -0.1) is 0 Å². The molecule has 0 amide bonds. The van der Waals surface area contributed by atoms with Crippen LogP contribution in [-0.2, 0) is 10.8 Å². The highest BCUT2D eigenvalue weighted by atomic mass is 14.3. The average molecular weight is 220 g/mol. The Labute approximate surface area is 110 Å². The summed E-state index contributed by atoms with van der Waals surface area (Å²) in [6, 6.07) is 1.83. The van der Waals surface area contributed by atoms with Crippen molar-refractivity contribution in [2.45, 2.75) is 52.4 Å². The minimum atomic E-state index is -0.0815. The van der Waals surface area contributed by atoms with Gasteiger partial charge in [0.25, 0.3) is 0 Å². The third kappa shape index (κ3) is 2.81. The molecule has 0 heterocycles. The Morgan fingerprint density at radius 3 is 1.24 bits per heavy atom. The van der Waals surface area contributed by atoms with Crippen LogP contribution in [0.4, 0.5) is 0 Å². The molecule has 0 aromatic heterocycles. The van der Waals surface area contributed by atoms with Crippen LogP contribution in [0.25, 0.3) is 0 Å². The molecule has 0 spiro atoms. The molecule has 6 radical (unpaired) electrons. The number of hydrogen-bond acceptors (Lipinski definition) is 0. The summed E-state index contributed by atoms with van der Waals surface area (Å²) in [7, 11) is 18.4. The highest BCUT2D eigenvalue weighted by molar-refractivity contribution is 6.46. The molecule has 1 rings (SSSR count). The van der Waals surface area contributed by atoms with Crippen LogP contribution in [0.1, 0.15) is 52.7 Å². The fraction of sp³-hybridized carbons (Fsp3) is 0.571. The van der Waals surface area contributed by atoms with Gasteiger partial charge in [0, 0.05) is 0 Å². The van der Waals surface area contributed by atoms with E-state index in [0.717, 1.165) is 16.6 Å². The van der Waals surface area contributed by atoms with Crippen LogP contribution in [-0.4, -0.2) is 23.5 Å². The van der Waals surface area contributed by atoms with Crippen molar-refractivity contribution in [3.8, 4) is 0 Å². The highest BCUT2D eigenvalue weighted by Crippen LogP contribution is 2.23. The summed E-state index contributed by atoms with van der Waals surface area (Å²) in [5, 5.41) is 0. The van der Waals surface area contributed by atoms with Crippen molar-refractivity contribution < 1.29 is 0 Å². The lowest BCUT2D eigenvalue weighted by atomic mass is 9.62. The lowest BCUT2D eigenvalue weighted by molar-refractivity contribution is 0.581. The summed E-state index contributed by atoms with van der Waals surface area (Å²) in [6.45, 7) is 12.7. The normalized spacial score (nSPS) is 12.8. The molecule has 1 aromatic carbocycles. The van der Waals surface area contributed by atoms with Gasteiger partial charge in [-0.2, -0.15) is 0 Å². The minimum Gasteiger partial charge on any atom is -0.0941 e. The number of benzene rings is 1. The molecule has 0 aliphatic carbocycles. The van der Waals surface area contributed by atoms with E-state index >= 15 is 0 Å². The van der Waals surface area contributed by atoms with Crippen LogP contribution in [0.2, 0.25) is 0 Å². The molecule has 0 bridgehead atoms. The third-order valence-electron chi connectivity index (χ3n) is 2.93. The maximum atomic E-state index is 6.30. The van der Waals surface area contributed by atoms with E-state index in [0.29, 0.717) is 10.9 Å². The predicted molar refractivity (Wildman–Crippen MR) is 80.0 cm³/mol. The predicted octanol–water partition coefficient (Wildman–Crippen LogP) is 0.663. The Bertz CT molecular complexity index is 396. The number of hydrogen-bond donors (Lipinski definition) is 0. The molecular formula is C14H19B3. The van der Waals surface area contributed by atoms with Crippen LogP contribution in [0.5, 0.6) is 0 Å². The van der Waals surface area contributed by atoms with Gasteiger partial charge in [-0.1, -0.05) is 75.1 Å². The van der Waals surface area contributed by atoms with Gasteiger partial charge in [0.15, 0.2) is 0 Å². The minimum absolute atomic E-state index is 0.0815. The Balaban J connectivity index is 3.67. The maximum Gasteiger partial charge on any atom is 0.114 e. The van der Waals surface area contributed by atoms with E-state index in [4.69, 9.17) is 23.5 Å². The SMILES string of the molecule is [B]c1cc([B])c(C(C)(C)C)c([B])c1C(C)(C)C. The zero-order valence-electron chi connectivity index (χ0n) is 11.8. The lowest BCUT2D eigenvalue weighted by Gasteiger charge is -2.33. The molecule has 0 aliphatic heterocycles. The van der Waals surface area contributed by atoms with Gasteiger partial charge in [0.05, 0.1) is 0 Å². The van der Waals surface area contributed by atoms with Crippen LogP contribution >= 0.6 is 0 Å². The van der Waals surface area contributed by atoms with E-state index in [-0.39, 0.29) is 10.8 Å². The van der Waals surface area contributed by atoms with E-state index in [2.05, 4.69) is 41.5 Å². The van der Waals surface area contributed by atoms with Crippen molar-refractivity contribution in [1.82, 2.24) is 0 Å². The molecule has 0 atom stereocenters. The van der Waals surface area contributed by atoms with Gasteiger partial charge in [-0.25, -0.2) is 0 Å². The smallest absolute Gasteiger partial charge is 0.0941 e. The first-order valence-corrected chi connectivity index (χ1v) is 5.94. The van der Waals surface area contributed by atoms with Crippen LogP contribution in [0.3, 0.4) is 0 Å². The van der Waals surface area contributed by atoms with Crippen molar-refractivity contribution in [3.05, 3.63) is 17.2 Å². The molecule has 0 saturated heterocycles. The fourth-order valence-corrected chi connectivity index (χ4v) is 2.42. The van der Waals surface area contributed by atoms with E-state index in [9.17, 15) is 0 Å². The summed E-state index contributed by atoms with van der Waals surface area (Å²) >= 11 is 0. The molecule has 0 aliphatic rings. The largest absolute Gasteiger partial charge is 0.114 e. The van der Waals surface area contributed by atoms with Gasteiger partial charge in [0.2, 0.25) is 0 Å². The first-order valence-electron chi connectivity index (χ1n) is 5.94. The van der Waals surface area contributed by atoms with E-state index in [1.165, 1.54) is 0 Å². The highest BCUT2D eigenvalue weighted by Gasteiger charge is 2.25. The summed E-state index contributed by atoms with van der Waals surface area (Å²) in [6.07, 6.45) is 0. The molecule has 0 unspecified atom stereocenters. The quantitative estimate of drug-likeness (QED) is 0.563. The summed E-state index contributed by atoms with van der Waals surface area (Å²) in [4.78, 5) is 0. The summed E-state index contributed by atoms with van der Waals surface area (Å²) in [5.74, 6) is 0. The second-order valence-corrected chi connectivity index (χ2v) is 6.72. The zero-order chi connectivity index (χ0) is 13.6. The molecule has 0 N–H and O–H groups in total. The lowest BCUT2D eigenvalue weighted by Crippen LogP contribution is -2.43. The molecule has 3 heteroatoms. The average Bonchev–Trinajstić information content (AvgIpc) is 1.94. The van der Waals surface area contributed by atoms with Gasteiger partial charge >= 0.3 is 0 Å². The Morgan fingerprint density at radius 2 is 1.00 bits per heavy atom. The van der Waals surface area contributed by atoms with E-state index < -0.39 is 0 Å². The Kier molecular flexibility index (Phi) is 3.63. The molecule has 84 valence electrons. The molecular weight excluding hydrogens is 201 g/mol. The van der Waals surface area contributed by atoms with Crippen LogP contribution in [0.15, 0.2) is 6.07 Å². The monoisotopic (exact) mass is 220 g/mol. The Hall–Kier alpha value is -0.585. The van der Waals surface area contributed by atoms with Gasteiger partial charge < -0.3 is 0 Å². The van der Waals surface area contributed by atoms with Crippen molar-refractivity contribution >= 4 is 39.9 Å². The fourth-order valence-electron chi connectivity index (χ4n) is 2.42. The standard InChI is InChI=1S/C14H19B3/c1-13(2,3)10-8(15)7-9(16)11(12(10)17)14(4,5)6/h7H,1-6H3. The van der Waals surface area contributed by atoms with Crippen molar-refractivity contribution in [2.24, 2.45) is 0 Å². The molecule has 0 nitrogen and oxygen atoms in total. The first-order chi connectivity index (χ1) is 7.46. The maximum absolute atomic E-state index is 6.30. The van der Waals surface area contributed by atoms with Gasteiger partial charge in [0.1, 0.15) is 23.5 Å².